The maximum absolute atomic E-state index is 11.8. The van der Waals surface area contributed by atoms with E-state index in [-0.39, 0.29) is 11.9 Å². The predicted molar refractivity (Wildman–Crippen MR) is 71.0 cm³/mol. The van der Waals surface area contributed by atoms with Gasteiger partial charge in [0.1, 0.15) is 0 Å². The van der Waals surface area contributed by atoms with Crippen LogP contribution in [-0.4, -0.2) is 24.0 Å². The van der Waals surface area contributed by atoms with Crippen LogP contribution >= 0.6 is 0 Å². The molecule has 0 saturated carbocycles. The molecular weight excluding hydrogens is 226 g/mol. The first kappa shape index (κ1) is 13.0. The molecule has 2 rings (SSSR count). The second-order valence-corrected chi connectivity index (χ2v) is 4.97. The SMILES string of the molecule is C[C@H](NC(=O)CCC1CCNC1)c1cccnc1. The lowest BCUT2D eigenvalue weighted by Gasteiger charge is -2.14. The van der Waals surface area contributed by atoms with Gasteiger partial charge in [0.2, 0.25) is 5.91 Å². The Labute approximate surface area is 108 Å². The molecule has 1 fully saturated rings. The number of hydrogen-bond donors (Lipinski definition) is 2. The Hall–Kier alpha value is -1.42. The summed E-state index contributed by atoms with van der Waals surface area (Å²) in [4.78, 5) is 15.9. The van der Waals surface area contributed by atoms with Gasteiger partial charge >= 0.3 is 0 Å². The molecule has 2 atom stereocenters. The van der Waals surface area contributed by atoms with Crippen LogP contribution in [0, 0.1) is 5.92 Å². The van der Waals surface area contributed by atoms with Crippen molar-refractivity contribution in [1.82, 2.24) is 15.6 Å². The van der Waals surface area contributed by atoms with E-state index in [9.17, 15) is 4.79 Å². The third-order valence-electron chi connectivity index (χ3n) is 3.50. The van der Waals surface area contributed by atoms with Crippen LogP contribution in [0.15, 0.2) is 24.5 Å². The van der Waals surface area contributed by atoms with Crippen molar-refractivity contribution in [3.63, 3.8) is 0 Å². The topological polar surface area (TPSA) is 54.0 Å². The van der Waals surface area contributed by atoms with Crippen molar-refractivity contribution in [2.24, 2.45) is 5.92 Å². The molecule has 98 valence electrons. The van der Waals surface area contributed by atoms with E-state index >= 15 is 0 Å². The number of nitrogens with zero attached hydrogens (tertiary/aromatic N) is 1. The van der Waals surface area contributed by atoms with E-state index in [4.69, 9.17) is 0 Å². The average Bonchev–Trinajstić information content (AvgIpc) is 2.90. The molecule has 0 aliphatic carbocycles. The second-order valence-electron chi connectivity index (χ2n) is 4.97. The summed E-state index contributed by atoms with van der Waals surface area (Å²) in [5.41, 5.74) is 1.05. The van der Waals surface area contributed by atoms with E-state index in [1.165, 1.54) is 6.42 Å². The van der Waals surface area contributed by atoms with E-state index in [0.717, 1.165) is 25.1 Å². The van der Waals surface area contributed by atoms with Gasteiger partial charge in [-0.05, 0) is 50.4 Å². The molecule has 4 heteroatoms. The van der Waals surface area contributed by atoms with Crippen LogP contribution in [0.25, 0.3) is 0 Å². The van der Waals surface area contributed by atoms with Crippen LogP contribution in [0.1, 0.15) is 37.8 Å². The highest BCUT2D eigenvalue weighted by molar-refractivity contribution is 5.76. The van der Waals surface area contributed by atoms with Gasteiger partial charge in [0.05, 0.1) is 6.04 Å². The Morgan fingerprint density at radius 3 is 3.22 bits per heavy atom. The number of nitrogens with one attached hydrogen (secondary N) is 2. The van der Waals surface area contributed by atoms with Crippen LogP contribution in [0.2, 0.25) is 0 Å². The summed E-state index contributed by atoms with van der Waals surface area (Å²) in [5.74, 6) is 0.808. The predicted octanol–water partition coefficient (Wildman–Crippen LogP) is 1.65. The molecule has 1 aromatic heterocycles. The summed E-state index contributed by atoms with van der Waals surface area (Å²) >= 11 is 0. The van der Waals surface area contributed by atoms with Crippen molar-refractivity contribution in [3.05, 3.63) is 30.1 Å². The van der Waals surface area contributed by atoms with Gasteiger partial charge < -0.3 is 10.6 Å². The van der Waals surface area contributed by atoms with Gasteiger partial charge in [-0.2, -0.15) is 0 Å². The molecule has 2 heterocycles. The van der Waals surface area contributed by atoms with E-state index in [0.29, 0.717) is 12.3 Å². The molecule has 4 nitrogen and oxygen atoms in total. The third kappa shape index (κ3) is 3.81. The first-order chi connectivity index (χ1) is 8.75. The Bertz CT molecular complexity index is 374. The van der Waals surface area contributed by atoms with Crippen LogP contribution in [0.5, 0.6) is 0 Å². The molecule has 0 bridgehead atoms. The molecule has 1 aromatic rings. The average molecular weight is 247 g/mol. The highest BCUT2D eigenvalue weighted by Crippen LogP contribution is 2.15. The molecule has 1 aliphatic heterocycles. The van der Waals surface area contributed by atoms with Gasteiger partial charge in [-0.25, -0.2) is 0 Å². The lowest BCUT2D eigenvalue weighted by molar-refractivity contribution is -0.122. The Kier molecular flexibility index (Phi) is 4.70. The summed E-state index contributed by atoms with van der Waals surface area (Å²) in [6, 6.07) is 3.91. The van der Waals surface area contributed by atoms with Gasteiger partial charge in [-0.1, -0.05) is 6.07 Å². The fourth-order valence-corrected chi connectivity index (χ4v) is 2.33. The lowest BCUT2D eigenvalue weighted by atomic mass is 10.0. The first-order valence-corrected chi connectivity index (χ1v) is 6.65. The molecule has 0 aromatic carbocycles. The first-order valence-electron chi connectivity index (χ1n) is 6.65. The van der Waals surface area contributed by atoms with Gasteiger partial charge in [0, 0.05) is 18.8 Å². The number of pyridine rings is 1. The number of carbonyl (C=O) groups is 1. The smallest absolute Gasteiger partial charge is 0.220 e. The van der Waals surface area contributed by atoms with Crippen molar-refractivity contribution in [3.8, 4) is 0 Å². The molecule has 1 aliphatic rings. The van der Waals surface area contributed by atoms with E-state index in [2.05, 4.69) is 15.6 Å². The number of aromatic nitrogens is 1. The largest absolute Gasteiger partial charge is 0.350 e. The molecule has 0 spiro atoms. The zero-order valence-electron chi connectivity index (χ0n) is 10.9. The number of rotatable bonds is 5. The van der Waals surface area contributed by atoms with Gasteiger partial charge in [0.15, 0.2) is 0 Å². The maximum atomic E-state index is 11.8. The summed E-state index contributed by atoms with van der Waals surface area (Å²) < 4.78 is 0. The van der Waals surface area contributed by atoms with E-state index < -0.39 is 0 Å². The van der Waals surface area contributed by atoms with Crippen molar-refractivity contribution in [1.29, 1.82) is 0 Å². The number of carbonyl (C=O) groups excluding carboxylic acids is 1. The minimum Gasteiger partial charge on any atom is -0.350 e. The zero-order chi connectivity index (χ0) is 12.8. The van der Waals surface area contributed by atoms with Crippen molar-refractivity contribution >= 4 is 5.91 Å². The van der Waals surface area contributed by atoms with E-state index in [1.54, 1.807) is 12.4 Å². The quantitative estimate of drug-likeness (QED) is 0.832. The van der Waals surface area contributed by atoms with Crippen molar-refractivity contribution in [2.45, 2.75) is 32.2 Å². The Balaban J connectivity index is 1.73. The molecule has 1 amide bonds. The molecular formula is C14H21N3O. The highest BCUT2D eigenvalue weighted by Gasteiger charge is 2.16. The summed E-state index contributed by atoms with van der Waals surface area (Å²) in [5, 5.41) is 6.34. The minimum absolute atomic E-state index is 0.0351. The monoisotopic (exact) mass is 247 g/mol. The highest BCUT2D eigenvalue weighted by atomic mass is 16.1. The van der Waals surface area contributed by atoms with Crippen LogP contribution in [0.4, 0.5) is 0 Å². The molecule has 2 N–H and O–H groups in total. The lowest BCUT2D eigenvalue weighted by Crippen LogP contribution is -2.27. The van der Waals surface area contributed by atoms with Crippen molar-refractivity contribution < 1.29 is 4.79 Å². The van der Waals surface area contributed by atoms with Gasteiger partial charge in [0.25, 0.3) is 0 Å². The second kappa shape index (κ2) is 6.50. The maximum Gasteiger partial charge on any atom is 0.220 e. The van der Waals surface area contributed by atoms with Crippen LogP contribution in [0.3, 0.4) is 0 Å². The molecule has 18 heavy (non-hydrogen) atoms. The fraction of sp³-hybridized carbons (Fsp3) is 0.571. The Morgan fingerprint density at radius 2 is 2.56 bits per heavy atom. The fourth-order valence-electron chi connectivity index (χ4n) is 2.33. The van der Waals surface area contributed by atoms with E-state index in [1.807, 2.05) is 19.1 Å². The standard InChI is InChI=1S/C14H21N3O/c1-11(13-3-2-7-15-10-13)17-14(18)5-4-12-6-8-16-9-12/h2-3,7,10-12,16H,4-6,8-9H2,1H3,(H,17,18)/t11-,12?/m0/s1. The zero-order valence-corrected chi connectivity index (χ0v) is 10.9. The van der Waals surface area contributed by atoms with Gasteiger partial charge in [-0.3, -0.25) is 9.78 Å². The minimum atomic E-state index is 0.0351. The van der Waals surface area contributed by atoms with Gasteiger partial charge in [-0.15, -0.1) is 0 Å². The molecule has 1 saturated heterocycles. The Morgan fingerprint density at radius 1 is 1.67 bits per heavy atom. The summed E-state index contributed by atoms with van der Waals surface area (Å²) in [6.45, 7) is 4.15. The number of hydrogen-bond acceptors (Lipinski definition) is 3. The summed E-state index contributed by atoms with van der Waals surface area (Å²) in [6.07, 6.45) is 6.35. The normalized spacial score (nSPS) is 20.6. The third-order valence-corrected chi connectivity index (χ3v) is 3.50. The summed E-state index contributed by atoms with van der Waals surface area (Å²) in [7, 11) is 0. The number of amides is 1. The molecule has 1 unspecified atom stereocenters. The van der Waals surface area contributed by atoms with Crippen molar-refractivity contribution in [2.75, 3.05) is 13.1 Å². The van der Waals surface area contributed by atoms with Crippen LogP contribution < -0.4 is 10.6 Å². The van der Waals surface area contributed by atoms with Crippen LogP contribution in [-0.2, 0) is 4.79 Å². The molecule has 0 radical (unpaired) electrons.